The standard InChI is InChI=1S/C16H12Cl2N2O2S/c1-9-6-10(17)3-5-13(9)22-8-15(21)20-16-19-12-4-2-11(18)7-14(12)23-16/h2-7H,8H2,1H3,(H,19,20,21). The normalized spacial score (nSPS) is 10.7. The van der Waals surface area contributed by atoms with Crippen molar-refractivity contribution in [2.75, 3.05) is 11.9 Å². The summed E-state index contributed by atoms with van der Waals surface area (Å²) in [7, 11) is 0. The molecule has 7 heteroatoms. The van der Waals surface area contributed by atoms with Gasteiger partial charge in [-0.3, -0.25) is 10.1 Å². The van der Waals surface area contributed by atoms with E-state index in [0.29, 0.717) is 20.9 Å². The maximum absolute atomic E-state index is 12.0. The lowest BCUT2D eigenvalue weighted by molar-refractivity contribution is -0.118. The Kier molecular flexibility index (Phi) is 4.71. The first-order chi connectivity index (χ1) is 11.0. The van der Waals surface area contributed by atoms with Crippen molar-refractivity contribution in [2.24, 2.45) is 0 Å². The first-order valence-corrected chi connectivity index (χ1v) is 8.33. The molecule has 3 aromatic rings. The lowest BCUT2D eigenvalue weighted by atomic mass is 10.2. The molecule has 0 aliphatic carbocycles. The number of aromatic nitrogens is 1. The van der Waals surface area contributed by atoms with E-state index >= 15 is 0 Å². The molecule has 0 unspecified atom stereocenters. The summed E-state index contributed by atoms with van der Waals surface area (Å²) in [6.45, 7) is 1.77. The number of hydrogen-bond acceptors (Lipinski definition) is 4. The smallest absolute Gasteiger partial charge is 0.264 e. The number of carbonyl (C=O) groups is 1. The number of nitrogens with one attached hydrogen (secondary N) is 1. The van der Waals surface area contributed by atoms with Crippen molar-refractivity contribution in [1.29, 1.82) is 0 Å². The van der Waals surface area contributed by atoms with Crippen LogP contribution in [0.2, 0.25) is 10.0 Å². The van der Waals surface area contributed by atoms with Crippen LogP contribution in [0.4, 0.5) is 5.13 Å². The predicted molar refractivity (Wildman–Crippen MR) is 94.9 cm³/mol. The van der Waals surface area contributed by atoms with Crippen molar-refractivity contribution in [3.05, 3.63) is 52.0 Å². The number of thiazole rings is 1. The van der Waals surface area contributed by atoms with E-state index in [4.69, 9.17) is 27.9 Å². The van der Waals surface area contributed by atoms with Gasteiger partial charge in [-0.25, -0.2) is 4.98 Å². The minimum atomic E-state index is -0.274. The molecule has 0 atom stereocenters. The van der Waals surface area contributed by atoms with Crippen LogP contribution in [0.5, 0.6) is 5.75 Å². The van der Waals surface area contributed by atoms with Gasteiger partial charge in [0.05, 0.1) is 10.2 Å². The second-order valence-electron chi connectivity index (χ2n) is 4.88. The molecule has 1 heterocycles. The summed E-state index contributed by atoms with van der Waals surface area (Å²) in [5.41, 5.74) is 1.67. The second kappa shape index (κ2) is 6.74. The van der Waals surface area contributed by atoms with Crippen molar-refractivity contribution in [3.8, 4) is 5.75 Å². The maximum atomic E-state index is 12.0. The average Bonchev–Trinajstić information content (AvgIpc) is 2.87. The van der Waals surface area contributed by atoms with Crippen LogP contribution in [0.25, 0.3) is 10.2 Å². The first kappa shape index (κ1) is 16.1. The molecule has 0 radical (unpaired) electrons. The Morgan fingerprint density at radius 1 is 1.22 bits per heavy atom. The molecule has 0 saturated heterocycles. The third-order valence-corrected chi connectivity index (χ3v) is 4.50. The van der Waals surface area contributed by atoms with E-state index in [9.17, 15) is 4.79 Å². The third-order valence-electron chi connectivity index (χ3n) is 3.09. The van der Waals surface area contributed by atoms with Crippen LogP contribution in [0, 0.1) is 6.92 Å². The van der Waals surface area contributed by atoms with Crippen LogP contribution in [-0.4, -0.2) is 17.5 Å². The molecular weight excluding hydrogens is 355 g/mol. The zero-order chi connectivity index (χ0) is 16.4. The SMILES string of the molecule is Cc1cc(Cl)ccc1OCC(=O)Nc1nc2ccc(Cl)cc2s1. The molecular formula is C16H12Cl2N2O2S. The molecule has 118 valence electrons. The van der Waals surface area contributed by atoms with Gasteiger partial charge in [0.25, 0.3) is 5.91 Å². The molecule has 2 aromatic carbocycles. The zero-order valence-electron chi connectivity index (χ0n) is 12.1. The highest BCUT2D eigenvalue weighted by molar-refractivity contribution is 7.22. The van der Waals surface area contributed by atoms with Crippen LogP contribution in [0.15, 0.2) is 36.4 Å². The van der Waals surface area contributed by atoms with Gasteiger partial charge in [0, 0.05) is 10.0 Å². The number of halogens is 2. The van der Waals surface area contributed by atoms with Crippen molar-refractivity contribution >= 4 is 55.8 Å². The molecule has 0 bridgehead atoms. The Hall–Kier alpha value is -1.82. The van der Waals surface area contributed by atoms with Gasteiger partial charge < -0.3 is 4.74 Å². The minimum Gasteiger partial charge on any atom is -0.483 e. The van der Waals surface area contributed by atoms with Crippen LogP contribution < -0.4 is 10.1 Å². The largest absolute Gasteiger partial charge is 0.483 e. The molecule has 1 N–H and O–H groups in total. The topological polar surface area (TPSA) is 51.2 Å². The minimum absolute atomic E-state index is 0.0981. The number of carbonyl (C=O) groups excluding carboxylic acids is 1. The van der Waals surface area contributed by atoms with Gasteiger partial charge in [-0.05, 0) is 48.9 Å². The van der Waals surface area contributed by atoms with Crippen LogP contribution in [0.1, 0.15) is 5.56 Å². The molecule has 0 aliphatic rings. The van der Waals surface area contributed by atoms with Crippen molar-refractivity contribution in [3.63, 3.8) is 0 Å². The number of amides is 1. The lowest BCUT2D eigenvalue weighted by Gasteiger charge is -2.08. The average molecular weight is 367 g/mol. The molecule has 3 rings (SSSR count). The number of rotatable bonds is 4. The molecule has 0 saturated carbocycles. The lowest BCUT2D eigenvalue weighted by Crippen LogP contribution is -2.20. The van der Waals surface area contributed by atoms with Crippen molar-refractivity contribution in [1.82, 2.24) is 4.98 Å². The van der Waals surface area contributed by atoms with E-state index in [1.807, 2.05) is 19.1 Å². The van der Waals surface area contributed by atoms with E-state index < -0.39 is 0 Å². The Bertz CT molecular complexity index is 880. The fourth-order valence-corrected chi connectivity index (χ4v) is 3.41. The summed E-state index contributed by atoms with van der Waals surface area (Å²) in [5, 5.41) is 4.51. The number of nitrogens with zero attached hydrogens (tertiary/aromatic N) is 1. The summed E-state index contributed by atoms with van der Waals surface area (Å²) in [5.74, 6) is 0.352. The number of fused-ring (bicyclic) bond motifs is 1. The Morgan fingerprint density at radius 2 is 1.96 bits per heavy atom. The van der Waals surface area contributed by atoms with E-state index in [1.165, 1.54) is 11.3 Å². The van der Waals surface area contributed by atoms with Crippen molar-refractivity contribution in [2.45, 2.75) is 6.92 Å². The van der Waals surface area contributed by atoms with E-state index in [0.717, 1.165) is 15.8 Å². The van der Waals surface area contributed by atoms with E-state index in [1.54, 1.807) is 24.3 Å². The summed E-state index contributed by atoms with van der Waals surface area (Å²) in [4.78, 5) is 16.3. The van der Waals surface area contributed by atoms with Crippen molar-refractivity contribution < 1.29 is 9.53 Å². The summed E-state index contributed by atoms with van der Waals surface area (Å²) in [6, 6.07) is 10.6. The van der Waals surface area contributed by atoms with Crippen LogP contribution in [-0.2, 0) is 4.79 Å². The number of anilines is 1. The molecule has 4 nitrogen and oxygen atoms in total. The fraction of sp³-hybridized carbons (Fsp3) is 0.125. The molecule has 0 fully saturated rings. The number of hydrogen-bond donors (Lipinski definition) is 1. The van der Waals surface area contributed by atoms with E-state index in [2.05, 4.69) is 10.3 Å². The molecule has 0 spiro atoms. The zero-order valence-corrected chi connectivity index (χ0v) is 14.4. The second-order valence-corrected chi connectivity index (χ2v) is 6.78. The molecule has 1 aromatic heterocycles. The quantitative estimate of drug-likeness (QED) is 0.712. The van der Waals surface area contributed by atoms with Crippen LogP contribution in [0.3, 0.4) is 0 Å². The van der Waals surface area contributed by atoms with Gasteiger partial charge in [-0.1, -0.05) is 34.5 Å². The predicted octanol–water partition coefficient (Wildman–Crippen LogP) is 4.93. The first-order valence-electron chi connectivity index (χ1n) is 6.76. The van der Waals surface area contributed by atoms with Gasteiger partial charge >= 0.3 is 0 Å². The highest BCUT2D eigenvalue weighted by Crippen LogP contribution is 2.28. The highest BCUT2D eigenvalue weighted by atomic mass is 35.5. The Labute approximate surface area is 147 Å². The molecule has 0 aliphatic heterocycles. The Balaban J connectivity index is 1.64. The number of aryl methyl sites for hydroxylation is 1. The number of benzene rings is 2. The van der Waals surface area contributed by atoms with E-state index in [-0.39, 0.29) is 12.5 Å². The van der Waals surface area contributed by atoms with Gasteiger partial charge in [0.15, 0.2) is 11.7 Å². The monoisotopic (exact) mass is 366 g/mol. The van der Waals surface area contributed by atoms with Gasteiger partial charge in [0.2, 0.25) is 0 Å². The van der Waals surface area contributed by atoms with Crippen LogP contribution >= 0.6 is 34.5 Å². The Morgan fingerprint density at radius 3 is 2.74 bits per heavy atom. The van der Waals surface area contributed by atoms with Gasteiger partial charge in [0.1, 0.15) is 5.75 Å². The number of ether oxygens (including phenoxy) is 1. The third kappa shape index (κ3) is 3.93. The van der Waals surface area contributed by atoms with Gasteiger partial charge in [-0.2, -0.15) is 0 Å². The fourth-order valence-electron chi connectivity index (χ4n) is 2.03. The highest BCUT2D eigenvalue weighted by Gasteiger charge is 2.10. The summed E-state index contributed by atoms with van der Waals surface area (Å²) >= 11 is 13.2. The molecule has 1 amide bonds. The maximum Gasteiger partial charge on any atom is 0.264 e. The molecule has 23 heavy (non-hydrogen) atoms. The summed E-state index contributed by atoms with van der Waals surface area (Å²) in [6.07, 6.45) is 0. The summed E-state index contributed by atoms with van der Waals surface area (Å²) < 4.78 is 6.42. The van der Waals surface area contributed by atoms with Gasteiger partial charge in [-0.15, -0.1) is 0 Å².